The van der Waals surface area contributed by atoms with Crippen LogP contribution in [-0.2, 0) is 0 Å². The van der Waals surface area contributed by atoms with Gasteiger partial charge in [0.1, 0.15) is 16.2 Å². The molecule has 0 unspecified atom stereocenters. The zero-order valence-corrected chi connectivity index (χ0v) is 10.8. The molecule has 2 aromatic rings. The number of hydrogen-bond acceptors (Lipinski definition) is 2. The first-order chi connectivity index (χ1) is 7.99. The fourth-order valence-electron chi connectivity index (χ4n) is 1.38. The van der Waals surface area contributed by atoms with Crippen molar-refractivity contribution >= 4 is 15.9 Å². The summed E-state index contributed by atoms with van der Waals surface area (Å²) in [5.41, 5.74) is 1.67. The molecule has 1 aromatic carbocycles. The van der Waals surface area contributed by atoms with Gasteiger partial charge in [-0.05, 0) is 48.0 Å². The molecule has 0 N–H and O–H groups in total. The van der Waals surface area contributed by atoms with Gasteiger partial charge >= 0.3 is 0 Å². The van der Waals surface area contributed by atoms with Crippen LogP contribution in [0, 0.1) is 25.5 Å². The van der Waals surface area contributed by atoms with Crippen molar-refractivity contribution in [2.24, 2.45) is 0 Å². The molecule has 0 aliphatic rings. The fourth-order valence-corrected chi connectivity index (χ4v) is 1.84. The number of hydrogen-bond donors (Lipinski definition) is 0. The molecule has 0 amide bonds. The lowest BCUT2D eigenvalue weighted by Crippen LogP contribution is -1.98. The summed E-state index contributed by atoms with van der Waals surface area (Å²) in [6.45, 7) is 3.65. The molecule has 5 heteroatoms. The van der Waals surface area contributed by atoms with E-state index in [2.05, 4.69) is 25.9 Å². The molecule has 0 bridgehead atoms. The fraction of sp³-hybridized carbons (Fsp3) is 0.167. The van der Waals surface area contributed by atoms with Gasteiger partial charge in [0.25, 0.3) is 0 Å². The van der Waals surface area contributed by atoms with Crippen LogP contribution < -0.4 is 0 Å². The summed E-state index contributed by atoms with van der Waals surface area (Å²) in [6.07, 6.45) is 0. The third kappa shape index (κ3) is 2.34. The van der Waals surface area contributed by atoms with Crippen LogP contribution in [0.15, 0.2) is 22.8 Å². The average Bonchev–Trinajstić information content (AvgIpc) is 2.28. The van der Waals surface area contributed by atoms with Crippen molar-refractivity contribution < 1.29 is 8.78 Å². The molecule has 2 nitrogen and oxygen atoms in total. The maximum atomic E-state index is 13.6. The lowest BCUT2D eigenvalue weighted by atomic mass is 10.2. The largest absolute Gasteiger partial charge is 0.233 e. The van der Waals surface area contributed by atoms with Gasteiger partial charge in [0.05, 0.1) is 5.56 Å². The minimum atomic E-state index is -0.540. The summed E-state index contributed by atoms with van der Waals surface area (Å²) in [4.78, 5) is 8.26. The van der Waals surface area contributed by atoms with E-state index in [4.69, 9.17) is 0 Å². The quantitative estimate of drug-likeness (QED) is 0.748. The minimum absolute atomic E-state index is 0.0637. The maximum absolute atomic E-state index is 13.6. The summed E-state index contributed by atoms with van der Waals surface area (Å²) in [7, 11) is 0. The Morgan fingerprint density at radius 2 is 1.82 bits per heavy atom. The van der Waals surface area contributed by atoms with Crippen molar-refractivity contribution in [1.29, 1.82) is 0 Å². The van der Waals surface area contributed by atoms with Crippen molar-refractivity contribution in [2.75, 3.05) is 0 Å². The SMILES string of the molecule is Cc1nc(-c2cc(F)ccc2F)nc(Br)c1C. The van der Waals surface area contributed by atoms with Gasteiger partial charge in [-0.15, -0.1) is 0 Å². The number of aromatic nitrogens is 2. The van der Waals surface area contributed by atoms with Crippen LogP contribution in [0.1, 0.15) is 11.3 Å². The number of rotatable bonds is 1. The van der Waals surface area contributed by atoms with E-state index < -0.39 is 11.6 Å². The summed E-state index contributed by atoms with van der Waals surface area (Å²) in [5, 5.41) is 0. The van der Waals surface area contributed by atoms with E-state index in [0.29, 0.717) is 4.60 Å². The van der Waals surface area contributed by atoms with Crippen molar-refractivity contribution in [3.8, 4) is 11.4 Å². The van der Waals surface area contributed by atoms with Gasteiger partial charge in [0.15, 0.2) is 5.82 Å². The molecular formula is C12H9BrF2N2. The van der Waals surface area contributed by atoms with Crippen molar-refractivity contribution in [1.82, 2.24) is 9.97 Å². The molecule has 17 heavy (non-hydrogen) atoms. The molecule has 1 aromatic heterocycles. The highest BCUT2D eigenvalue weighted by atomic mass is 79.9. The Morgan fingerprint density at radius 3 is 2.47 bits per heavy atom. The van der Waals surface area contributed by atoms with E-state index >= 15 is 0 Å². The lowest BCUT2D eigenvalue weighted by molar-refractivity contribution is 0.602. The second-order valence-corrected chi connectivity index (χ2v) is 4.42. The number of halogens is 3. The van der Waals surface area contributed by atoms with Gasteiger partial charge in [-0.1, -0.05) is 0 Å². The monoisotopic (exact) mass is 298 g/mol. The highest BCUT2D eigenvalue weighted by Gasteiger charge is 2.12. The van der Waals surface area contributed by atoms with E-state index in [1.54, 1.807) is 6.92 Å². The van der Waals surface area contributed by atoms with Crippen LogP contribution in [0.3, 0.4) is 0 Å². The predicted octanol–water partition coefficient (Wildman–Crippen LogP) is 3.80. The van der Waals surface area contributed by atoms with Crippen LogP contribution >= 0.6 is 15.9 Å². The Morgan fingerprint density at radius 1 is 1.12 bits per heavy atom. The first-order valence-corrected chi connectivity index (χ1v) is 5.74. The second-order valence-electron chi connectivity index (χ2n) is 3.67. The Kier molecular flexibility index (Phi) is 3.19. The van der Waals surface area contributed by atoms with Crippen LogP contribution in [0.25, 0.3) is 11.4 Å². The molecule has 88 valence electrons. The van der Waals surface area contributed by atoms with Crippen molar-refractivity contribution in [3.63, 3.8) is 0 Å². The van der Waals surface area contributed by atoms with Crippen LogP contribution in [0.2, 0.25) is 0 Å². The zero-order chi connectivity index (χ0) is 12.6. The lowest BCUT2D eigenvalue weighted by Gasteiger charge is -2.07. The first kappa shape index (κ1) is 12.1. The smallest absolute Gasteiger partial charge is 0.163 e. The van der Waals surface area contributed by atoms with E-state index in [9.17, 15) is 8.78 Å². The van der Waals surface area contributed by atoms with Gasteiger partial charge in [0, 0.05) is 11.3 Å². The molecule has 0 saturated carbocycles. The van der Waals surface area contributed by atoms with E-state index in [1.807, 2.05) is 6.92 Å². The number of benzene rings is 1. The number of aryl methyl sites for hydroxylation is 1. The molecule has 0 radical (unpaired) electrons. The van der Waals surface area contributed by atoms with E-state index in [0.717, 1.165) is 29.5 Å². The Bertz CT molecular complexity index is 562. The molecule has 0 fully saturated rings. The standard InChI is InChI=1S/C12H9BrF2N2/c1-6-7(2)16-12(17-11(6)13)9-5-8(14)3-4-10(9)15/h3-5H,1-2H3. The molecule has 0 atom stereocenters. The Balaban J connectivity index is 2.64. The molecule has 2 rings (SSSR count). The molecule has 1 heterocycles. The summed E-state index contributed by atoms with van der Waals surface area (Å²) in [6, 6.07) is 3.22. The minimum Gasteiger partial charge on any atom is -0.233 e. The third-order valence-corrected chi connectivity index (χ3v) is 3.27. The highest BCUT2D eigenvalue weighted by Crippen LogP contribution is 2.24. The van der Waals surface area contributed by atoms with Gasteiger partial charge in [-0.3, -0.25) is 0 Å². The first-order valence-electron chi connectivity index (χ1n) is 4.95. The third-order valence-electron chi connectivity index (χ3n) is 2.50. The summed E-state index contributed by atoms with van der Waals surface area (Å²) in [5.74, 6) is -0.877. The van der Waals surface area contributed by atoms with Gasteiger partial charge in [-0.2, -0.15) is 0 Å². The number of nitrogens with zero attached hydrogens (tertiary/aromatic N) is 2. The van der Waals surface area contributed by atoms with Crippen molar-refractivity contribution in [3.05, 3.63) is 45.7 Å². The zero-order valence-electron chi connectivity index (χ0n) is 9.26. The molecule has 0 aliphatic heterocycles. The van der Waals surface area contributed by atoms with E-state index in [-0.39, 0.29) is 11.4 Å². The summed E-state index contributed by atoms with van der Waals surface area (Å²) >= 11 is 3.27. The Labute approximate surface area is 106 Å². The van der Waals surface area contributed by atoms with Crippen LogP contribution in [0.4, 0.5) is 8.78 Å². The maximum Gasteiger partial charge on any atom is 0.163 e. The molecule has 0 aliphatic carbocycles. The molecule has 0 spiro atoms. The van der Waals surface area contributed by atoms with Gasteiger partial charge in [-0.25, -0.2) is 18.7 Å². The Hall–Kier alpha value is -1.36. The predicted molar refractivity (Wildman–Crippen MR) is 64.6 cm³/mol. The average molecular weight is 299 g/mol. The summed E-state index contributed by atoms with van der Waals surface area (Å²) < 4.78 is 27.2. The topological polar surface area (TPSA) is 25.8 Å². The van der Waals surface area contributed by atoms with Crippen LogP contribution in [-0.4, -0.2) is 9.97 Å². The second kappa shape index (κ2) is 4.49. The van der Waals surface area contributed by atoms with Crippen LogP contribution in [0.5, 0.6) is 0 Å². The van der Waals surface area contributed by atoms with Crippen molar-refractivity contribution in [2.45, 2.75) is 13.8 Å². The normalized spacial score (nSPS) is 10.6. The van der Waals surface area contributed by atoms with Gasteiger partial charge < -0.3 is 0 Å². The molecule has 0 saturated heterocycles. The van der Waals surface area contributed by atoms with E-state index in [1.165, 1.54) is 0 Å². The highest BCUT2D eigenvalue weighted by molar-refractivity contribution is 9.10. The molecular weight excluding hydrogens is 290 g/mol. The van der Waals surface area contributed by atoms with Gasteiger partial charge in [0.2, 0.25) is 0 Å².